The molecule has 0 aliphatic carbocycles. The van der Waals surface area contributed by atoms with Crippen LogP contribution in [0.25, 0.3) is 23.1 Å². The SMILES string of the molecule is Cc1c(CCCC(=O)O)c2c(F)ccc(/C=C/c3ccc(OC/C=C/COc4ccccc4Cl)cc3)c2n1CC(=O)O. The second kappa shape index (κ2) is 14.4. The summed E-state index contributed by atoms with van der Waals surface area (Å²) in [5, 5.41) is 19.4. The molecule has 0 saturated carbocycles. The van der Waals surface area contributed by atoms with Crippen molar-refractivity contribution in [1.82, 2.24) is 4.57 Å². The van der Waals surface area contributed by atoms with Crippen LogP contribution in [0.5, 0.6) is 11.5 Å². The maximum atomic E-state index is 15.1. The fraction of sp³-hybridized carbons (Fsp3) is 0.212. The van der Waals surface area contributed by atoms with Gasteiger partial charge in [-0.05, 0) is 85.0 Å². The van der Waals surface area contributed by atoms with E-state index in [1.165, 1.54) is 6.07 Å². The van der Waals surface area contributed by atoms with Crippen LogP contribution in [0.3, 0.4) is 0 Å². The summed E-state index contributed by atoms with van der Waals surface area (Å²) in [4.78, 5) is 22.7. The first-order chi connectivity index (χ1) is 20.2. The summed E-state index contributed by atoms with van der Waals surface area (Å²) in [7, 11) is 0. The van der Waals surface area contributed by atoms with Crippen LogP contribution in [-0.4, -0.2) is 39.9 Å². The normalized spacial score (nSPS) is 11.5. The summed E-state index contributed by atoms with van der Waals surface area (Å²) < 4.78 is 28.0. The largest absolute Gasteiger partial charge is 0.490 e. The first kappa shape index (κ1) is 30.4. The van der Waals surface area contributed by atoms with Crippen LogP contribution < -0.4 is 9.47 Å². The van der Waals surface area contributed by atoms with Gasteiger partial charge in [0.05, 0.1) is 10.5 Å². The number of ether oxygens (including phenoxy) is 2. The molecule has 0 amide bonds. The van der Waals surface area contributed by atoms with Crippen molar-refractivity contribution >= 4 is 46.6 Å². The van der Waals surface area contributed by atoms with Crippen LogP contribution in [0.2, 0.25) is 5.02 Å². The molecule has 4 aromatic rings. The minimum Gasteiger partial charge on any atom is -0.490 e. The summed E-state index contributed by atoms with van der Waals surface area (Å²) in [6, 6.07) is 17.7. The standard InChI is InChI=1S/C33H31ClFNO6/c1-22-26(7-6-10-30(37)38)32-28(35)18-15-24(33(32)36(22)21-31(39)40)14-11-23-12-16-25(17-13-23)41-19-4-5-20-42-29-9-3-2-8-27(29)34/h2-5,8-9,11-18H,6-7,10,19-21H2,1H3,(H,37,38)(H,39,40)/b5-4+,14-11+. The van der Waals surface area contributed by atoms with Crippen molar-refractivity contribution in [2.24, 2.45) is 0 Å². The van der Waals surface area contributed by atoms with Gasteiger partial charge in [-0.25, -0.2) is 4.39 Å². The lowest BCUT2D eigenvalue weighted by atomic mass is 10.0. The zero-order valence-corrected chi connectivity index (χ0v) is 23.8. The Labute approximate surface area is 248 Å². The number of aliphatic carboxylic acids is 2. The quantitative estimate of drug-likeness (QED) is 0.117. The van der Waals surface area contributed by atoms with Crippen molar-refractivity contribution in [2.45, 2.75) is 32.7 Å². The molecule has 2 N–H and O–H groups in total. The Morgan fingerprint density at radius 2 is 1.64 bits per heavy atom. The Morgan fingerprint density at radius 3 is 2.33 bits per heavy atom. The van der Waals surface area contributed by atoms with Crippen LogP contribution in [0, 0.1) is 12.7 Å². The maximum Gasteiger partial charge on any atom is 0.323 e. The number of benzene rings is 3. The number of carboxylic acid groups (broad SMARTS) is 2. The van der Waals surface area contributed by atoms with Gasteiger partial charge in [-0.2, -0.15) is 0 Å². The average Bonchev–Trinajstić information content (AvgIpc) is 3.23. The molecule has 0 atom stereocenters. The van der Waals surface area contributed by atoms with Gasteiger partial charge in [-0.1, -0.05) is 48.0 Å². The van der Waals surface area contributed by atoms with E-state index in [9.17, 15) is 14.7 Å². The third-order valence-corrected chi connectivity index (χ3v) is 7.01. The lowest BCUT2D eigenvalue weighted by Gasteiger charge is -2.08. The molecular weight excluding hydrogens is 561 g/mol. The number of carbonyl (C=O) groups is 2. The summed E-state index contributed by atoms with van der Waals surface area (Å²) in [5.74, 6) is -1.14. The average molecular weight is 592 g/mol. The fourth-order valence-electron chi connectivity index (χ4n) is 4.70. The highest BCUT2D eigenvalue weighted by Crippen LogP contribution is 2.33. The van der Waals surface area contributed by atoms with Crippen molar-refractivity contribution in [2.75, 3.05) is 13.2 Å². The zero-order valence-electron chi connectivity index (χ0n) is 23.1. The van der Waals surface area contributed by atoms with E-state index >= 15 is 4.39 Å². The number of aryl methyl sites for hydroxylation is 1. The maximum absolute atomic E-state index is 15.1. The number of hydrogen-bond acceptors (Lipinski definition) is 4. The number of carboxylic acids is 2. The number of halogens is 2. The van der Waals surface area contributed by atoms with Crippen LogP contribution in [-0.2, 0) is 22.6 Å². The molecule has 0 fully saturated rings. The van der Waals surface area contributed by atoms with Gasteiger partial charge >= 0.3 is 11.9 Å². The summed E-state index contributed by atoms with van der Waals surface area (Å²) in [6.45, 7) is 2.14. The molecule has 0 radical (unpaired) electrons. The molecule has 0 aliphatic rings. The summed E-state index contributed by atoms with van der Waals surface area (Å²) >= 11 is 6.07. The first-order valence-corrected chi connectivity index (χ1v) is 13.8. The molecule has 42 heavy (non-hydrogen) atoms. The first-order valence-electron chi connectivity index (χ1n) is 13.4. The highest BCUT2D eigenvalue weighted by atomic mass is 35.5. The summed E-state index contributed by atoms with van der Waals surface area (Å²) in [6.07, 6.45) is 7.98. The molecule has 1 aromatic heterocycles. The predicted octanol–water partition coefficient (Wildman–Crippen LogP) is 7.42. The van der Waals surface area contributed by atoms with Gasteiger partial charge in [0.25, 0.3) is 0 Å². The van der Waals surface area contributed by atoms with E-state index in [2.05, 4.69) is 0 Å². The molecule has 0 unspecified atom stereocenters. The zero-order chi connectivity index (χ0) is 30.1. The lowest BCUT2D eigenvalue weighted by molar-refractivity contribution is -0.138. The Morgan fingerprint density at radius 1 is 0.929 bits per heavy atom. The van der Waals surface area contributed by atoms with Crippen LogP contribution in [0.15, 0.2) is 72.8 Å². The molecule has 9 heteroatoms. The predicted molar refractivity (Wildman–Crippen MR) is 162 cm³/mol. The smallest absolute Gasteiger partial charge is 0.323 e. The third kappa shape index (κ3) is 7.79. The highest BCUT2D eigenvalue weighted by molar-refractivity contribution is 6.32. The number of fused-ring (bicyclic) bond motifs is 1. The minimum absolute atomic E-state index is 0.0553. The van der Waals surface area contributed by atoms with Crippen molar-refractivity contribution < 1.29 is 33.7 Å². The number of para-hydroxylation sites is 1. The van der Waals surface area contributed by atoms with E-state index in [0.717, 1.165) is 5.56 Å². The molecule has 0 saturated heterocycles. The number of aromatic nitrogens is 1. The molecule has 1 heterocycles. The molecule has 4 rings (SSSR count). The van der Waals surface area contributed by atoms with E-state index in [1.807, 2.05) is 60.7 Å². The molecule has 0 aliphatic heterocycles. The van der Waals surface area contributed by atoms with Crippen LogP contribution >= 0.6 is 11.6 Å². The van der Waals surface area contributed by atoms with E-state index < -0.39 is 17.8 Å². The Bertz CT molecular complexity index is 1620. The molecule has 7 nitrogen and oxygen atoms in total. The molecule has 218 valence electrons. The number of rotatable bonds is 14. The molecule has 3 aromatic carbocycles. The van der Waals surface area contributed by atoms with E-state index in [-0.39, 0.29) is 13.0 Å². The van der Waals surface area contributed by atoms with E-state index in [1.54, 1.807) is 29.7 Å². The van der Waals surface area contributed by atoms with Crippen molar-refractivity contribution in [3.05, 3.63) is 106 Å². The Balaban J connectivity index is 1.45. The van der Waals surface area contributed by atoms with Crippen molar-refractivity contribution in [1.29, 1.82) is 0 Å². The van der Waals surface area contributed by atoms with Crippen molar-refractivity contribution in [3.8, 4) is 11.5 Å². The molecule has 0 bridgehead atoms. The minimum atomic E-state index is -1.05. The number of hydrogen-bond donors (Lipinski definition) is 2. The Hall–Kier alpha value is -4.56. The lowest BCUT2D eigenvalue weighted by Crippen LogP contribution is -2.10. The Kier molecular flexibility index (Phi) is 10.4. The third-order valence-electron chi connectivity index (χ3n) is 6.70. The molecular formula is C33H31ClFNO6. The van der Waals surface area contributed by atoms with Gasteiger partial charge < -0.3 is 24.3 Å². The van der Waals surface area contributed by atoms with E-state index in [0.29, 0.717) is 70.3 Å². The van der Waals surface area contributed by atoms with Crippen LogP contribution in [0.4, 0.5) is 4.39 Å². The van der Waals surface area contributed by atoms with Crippen LogP contribution in [0.1, 0.15) is 35.2 Å². The van der Waals surface area contributed by atoms with E-state index in [4.69, 9.17) is 26.2 Å². The van der Waals surface area contributed by atoms with Gasteiger partial charge in [0.15, 0.2) is 0 Å². The monoisotopic (exact) mass is 591 g/mol. The van der Waals surface area contributed by atoms with Gasteiger partial charge in [-0.15, -0.1) is 0 Å². The summed E-state index contributed by atoms with van der Waals surface area (Å²) in [5.41, 5.74) is 3.25. The number of nitrogens with zero attached hydrogens (tertiary/aromatic N) is 1. The fourth-order valence-corrected chi connectivity index (χ4v) is 4.89. The second-order valence-corrected chi connectivity index (χ2v) is 9.98. The van der Waals surface area contributed by atoms with Gasteiger partial charge in [0.1, 0.15) is 37.1 Å². The van der Waals surface area contributed by atoms with Crippen molar-refractivity contribution in [3.63, 3.8) is 0 Å². The molecule has 0 spiro atoms. The second-order valence-electron chi connectivity index (χ2n) is 9.58. The van der Waals surface area contributed by atoms with Gasteiger partial charge in [0, 0.05) is 17.5 Å². The van der Waals surface area contributed by atoms with Gasteiger partial charge in [-0.3, -0.25) is 9.59 Å². The van der Waals surface area contributed by atoms with Gasteiger partial charge in [0.2, 0.25) is 0 Å². The highest BCUT2D eigenvalue weighted by Gasteiger charge is 2.21. The topological polar surface area (TPSA) is 98.0 Å².